The van der Waals surface area contributed by atoms with E-state index in [1.54, 1.807) is 12.1 Å². The lowest BCUT2D eigenvalue weighted by Crippen LogP contribution is -2.58. The molecular weight excluding hydrogens is 268 g/mol. The SMILES string of the molecule is Cc1ccc(C(=O)NCC(C)(C)N2C[C@@H](C)O[C@H](C)C2)o1. The Hall–Kier alpha value is -1.33. The Morgan fingerprint density at radius 3 is 2.48 bits per heavy atom. The van der Waals surface area contributed by atoms with Gasteiger partial charge in [0.1, 0.15) is 5.76 Å². The molecule has 0 unspecified atom stereocenters. The molecule has 2 rings (SSSR count). The zero-order valence-electron chi connectivity index (χ0n) is 13.6. The highest BCUT2D eigenvalue weighted by atomic mass is 16.5. The van der Waals surface area contributed by atoms with Crippen molar-refractivity contribution < 1.29 is 13.9 Å². The van der Waals surface area contributed by atoms with Gasteiger partial charge in [0, 0.05) is 25.2 Å². The van der Waals surface area contributed by atoms with Crippen LogP contribution in [-0.2, 0) is 4.74 Å². The summed E-state index contributed by atoms with van der Waals surface area (Å²) < 4.78 is 11.1. The van der Waals surface area contributed by atoms with Gasteiger partial charge in [-0.1, -0.05) is 0 Å². The zero-order valence-corrected chi connectivity index (χ0v) is 13.6. The number of nitrogens with zero attached hydrogens (tertiary/aromatic N) is 1. The molecule has 21 heavy (non-hydrogen) atoms. The minimum atomic E-state index is -0.162. The molecule has 0 spiro atoms. The van der Waals surface area contributed by atoms with Gasteiger partial charge in [0.25, 0.3) is 5.91 Å². The average Bonchev–Trinajstić information content (AvgIpc) is 2.82. The van der Waals surface area contributed by atoms with Gasteiger partial charge in [-0.25, -0.2) is 0 Å². The minimum Gasteiger partial charge on any atom is -0.456 e. The molecule has 1 aliphatic heterocycles. The lowest BCUT2D eigenvalue weighted by atomic mass is 10.00. The van der Waals surface area contributed by atoms with Gasteiger partial charge in [-0.15, -0.1) is 0 Å². The van der Waals surface area contributed by atoms with Crippen LogP contribution in [-0.4, -0.2) is 48.2 Å². The summed E-state index contributed by atoms with van der Waals surface area (Å²) in [5, 5.41) is 2.96. The maximum Gasteiger partial charge on any atom is 0.287 e. The number of amides is 1. The highest BCUT2D eigenvalue weighted by Gasteiger charge is 2.33. The summed E-state index contributed by atoms with van der Waals surface area (Å²) in [7, 11) is 0. The number of carbonyl (C=O) groups excluding carboxylic acids is 1. The molecule has 1 saturated heterocycles. The molecule has 1 N–H and O–H groups in total. The van der Waals surface area contributed by atoms with Crippen molar-refractivity contribution in [1.29, 1.82) is 0 Å². The van der Waals surface area contributed by atoms with Crippen molar-refractivity contribution in [2.24, 2.45) is 0 Å². The van der Waals surface area contributed by atoms with Crippen molar-refractivity contribution in [3.63, 3.8) is 0 Å². The molecule has 5 heteroatoms. The number of nitrogens with one attached hydrogen (secondary N) is 1. The molecule has 0 aliphatic carbocycles. The van der Waals surface area contributed by atoms with Crippen LogP contribution in [0.2, 0.25) is 0 Å². The molecule has 1 aromatic heterocycles. The monoisotopic (exact) mass is 294 g/mol. The van der Waals surface area contributed by atoms with Gasteiger partial charge in [0.2, 0.25) is 0 Å². The van der Waals surface area contributed by atoms with Crippen molar-refractivity contribution >= 4 is 5.91 Å². The van der Waals surface area contributed by atoms with Crippen molar-refractivity contribution in [2.45, 2.75) is 52.4 Å². The van der Waals surface area contributed by atoms with Gasteiger partial charge < -0.3 is 14.5 Å². The topological polar surface area (TPSA) is 54.7 Å². The first-order chi connectivity index (χ1) is 9.78. The summed E-state index contributed by atoms with van der Waals surface area (Å²) in [4.78, 5) is 14.4. The zero-order chi connectivity index (χ0) is 15.6. The van der Waals surface area contributed by atoms with Gasteiger partial charge in [0.15, 0.2) is 5.76 Å². The fraction of sp³-hybridized carbons (Fsp3) is 0.688. The van der Waals surface area contributed by atoms with Crippen LogP contribution in [0.25, 0.3) is 0 Å². The first kappa shape index (κ1) is 16.0. The predicted octanol–water partition coefficient (Wildman–Crippen LogP) is 2.21. The molecule has 0 saturated carbocycles. The summed E-state index contributed by atoms with van der Waals surface area (Å²) in [6.07, 6.45) is 0.438. The third-order valence-corrected chi connectivity index (χ3v) is 3.92. The Kier molecular flexibility index (Phi) is 4.74. The van der Waals surface area contributed by atoms with E-state index in [4.69, 9.17) is 9.15 Å². The van der Waals surface area contributed by atoms with Crippen LogP contribution < -0.4 is 5.32 Å². The van der Waals surface area contributed by atoms with Crippen molar-refractivity contribution in [1.82, 2.24) is 10.2 Å². The predicted molar refractivity (Wildman–Crippen MR) is 81.4 cm³/mol. The quantitative estimate of drug-likeness (QED) is 0.925. The number of rotatable bonds is 4. The van der Waals surface area contributed by atoms with Crippen molar-refractivity contribution in [2.75, 3.05) is 19.6 Å². The third kappa shape index (κ3) is 4.08. The highest BCUT2D eigenvalue weighted by molar-refractivity contribution is 5.91. The first-order valence-electron chi connectivity index (χ1n) is 7.53. The van der Waals surface area contributed by atoms with E-state index < -0.39 is 0 Å². The van der Waals surface area contributed by atoms with Crippen LogP contribution in [0.1, 0.15) is 44.0 Å². The number of furan rings is 1. The van der Waals surface area contributed by atoms with E-state index in [-0.39, 0.29) is 23.7 Å². The smallest absolute Gasteiger partial charge is 0.287 e. The summed E-state index contributed by atoms with van der Waals surface area (Å²) in [5.74, 6) is 0.952. The van der Waals surface area contributed by atoms with Crippen LogP contribution in [0.5, 0.6) is 0 Å². The van der Waals surface area contributed by atoms with Gasteiger partial charge in [-0.2, -0.15) is 0 Å². The molecule has 2 heterocycles. The van der Waals surface area contributed by atoms with Gasteiger partial charge >= 0.3 is 0 Å². The second-order valence-electron chi connectivity index (χ2n) is 6.57. The Labute approximate surface area is 126 Å². The van der Waals surface area contributed by atoms with Crippen LogP contribution in [0, 0.1) is 6.92 Å². The van der Waals surface area contributed by atoms with Gasteiger partial charge in [0.05, 0.1) is 12.2 Å². The second kappa shape index (κ2) is 6.20. The van der Waals surface area contributed by atoms with E-state index in [1.165, 1.54) is 0 Å². The lowest BCUT2D eigenvalue weighted by Gasteiger charge is -2.45. The maximum absolute atomic E-state index is 12.1. The largest absolute Gasteiger partial charge is 0.456 e. The lowest BCUT2D eigenvalue weighted by molar-refractivity contribution is -0.0948. The molecule has 1 fully saturated rings. The molecule has 1 aromatic rings. The van der Waals surface area contributed by atoms with Crippen LogP contribution in [0.3, 0.4) is 0 Å². The van der Waals surface area contributed by atoms with E-state index in [2.05, 4.69) is 37.9 Å². The van der Waals surface area contributed by atoms with Crippen LogP contribution in [0.4, 0.5) is 0 Å². The Morgan fingerprint density at radius 2 is 1.95 bits per heavy atom. The number of ether oxygens (including phenoxy) is 1. The molecule has 0 bridgehead atoms. The standard InChI is InChI=1S/C16H26N2O3/c1-11-6-7-14(21-11)15(19)17-10-16(4,5)18-8-12(2)20-13(3)9-18/h6-7,12-13H,8-10H2,1-5H3,(H,17,19)/t12-,13-/m1/s1. The molecular formula is C16H26N2O3. The molecule has 2 atom stereocenters. The molecule has 1 amide bonds. The van der Waals surface area contributed by atoms with Gasteiger partial charge in [-0.3, -0.25) is 9.69 Å². The Bertz CT molecular complexity index is 485. The number of morpholine rings is 1. The summed E-state index contributed by atoms with van der Waals surface area (Å²) in [6.45, 7) is 12.6. The fourth-order valence-electron chi connectivity index (χ4n) is 2.72. The summed E-state index contributed by atoms with van der Waals surface area (Å²) in [6, 6.07) is 3.50. The van der Waals surface area contributed by atoms with Crippen LogP contribution >= 0.6 is 0 Å². The maximum atomic E-state index is 12.1. The fourth-order valence-corrected chi connectivity index (χ4v) is 2.72. The molecule has 5 nitrogen and oxygen atoms in total. The Balaban J connectivity index is 1.92. The molecule has 118 valence electrons. The van der Waals surface area contributed by atoms with E-state index in [0.717, 1.165) is 18.8 Å². The average molecular weight is 294 g/mol. The highest BCUT2D eigenvalue weighted by Crippen LogP contribution is 2.20. The minimum absolute atomic E-state index is 0.121. The number of hydrogen-bond acceptors (Lipinski definition) is 4. The van der Waals surface area contributed by atoms with E-state index in [9.17, 15) is 4.79 Å². The normalized spacial score (nSPS) is 24.0. The van der Waals surface area contributed by atoms with E-state index in [1.807, 2.05) is 6.92 Å². The molecule has 0 aromatic carbocycles. The number of aryl methyl sites for hydroxylation is 1. The summed E-state index contributed by atoms with van der Waals surface area (Å²) in [5.41, 5.74) is -0.121. The summed E-state index contributed by atoms with van der Waals surface area (Å²) >= 11 is 0. The van der Waals surface area contributed by atoms with E-state index >= 15 is 0 Å². The Morgan fingerprint density at radius 1 is 1.33 bits per heavy atom. The number of carbonyl (C=O) groups is 1. The van der Waals surface area contributed by atoms with Gasteiger partial charge in [-0.05, 0) is 46.8 Å². The van der Waals surface area contributed by atoms with Crippen molar-refractivity contribution in [3.05, 3.63) is 23.7 Å². The second-order valence-corrected chi connectivity index (χ2v) is 6.57. The van der Waals surface area contributed by atoms with Crippen LogP contribution in [0.15, 0.2) is 16.5 Å². The third-order valence-electron chi connectivity index (χ3n) is 3.92. The molecule has 0 radical (unpaired) electrons. The van der Waals surface area contributed by atoms with Crippen molar-refractivity contribution in [3.8, 4) is 0 Å². The van der Waals surface area contributed by atoms with E-state index in [0.29, 0.717) is 12.3 Å². The first-order valence-corrected chi connectivity index (χ1v) is 7.53. The number of hydrogen-bond donors (Lipinski definition) is 1. The molecule has 1 aliphatic rings.